The molecule has 8 heteroatoms. The van der Waals surface area contributed by atoms with E-state index in [2.05, 4.69) is 15.5 Å². The molecule has 19 heavy (non-hydrogen) atoms. The molecule has 1 aromatic rings. The smallest absolute Gasteiger partial charge is 0.359 e. The summed E-state index contributed by atoms with van der Waals surface area (Å²) in [7, 11) is 0. The lowest BCUT2D eigenvalue weighted by Crippen LogP contribution is -2.39. The molecule has 0 amide bonds. The van der Waals surface area contributed by atoms with Gasteiger partial charge in [-0.05, 0) is 24.8 Å². The molecule has 108 valence electrons. The molecule has 3 N–H and O–H groups in total. The lowest BCUT2D eigenvalue weighted by molar-refractivity contribution is -0.138. The molecule has 0 aromatic carbocycles. The third kappa shape index (κ3) is 3.56. The van der Waals surface area contributed by atoms with Crippen LogP contribution in [0.3, 0.4) is 0 Å². The SMILES string of the molecule is NCC1(CNc2nnc(C(F)(F)F)s2)CCCCC1. The molecule has 0 unspecified atom stereocenters. The van der Waals surface area contributed by atoms with Crippen LogP contribution < -0.4 is 11.1 Å². The van der Waals surface area contributed by atoms with Crippen LogP contribution in [-0.4, -0.2) is 23.3 Å². The Kier molecular flexibility index (Phi) is 4.29. The number of halogens is 3. The number of nitrogens with zero attached hydrogens (tertiary/aromatic N) is 2. The first-order valence-corrected chi connectivity index (χ1v) is 7.11. The van der Waals surface area contributed by atoms with Crippen LogP contribution in [0.5, 0.6) is 0 Å². The van der Waals surface area contributed by atoms with E-state index in [1.807, 2.05) is 0 Å². The number of hydrogen-bond acceptors (Lipinski definition) is 5. The van der Waals surface area contributed by atoms with Crippen molar-refractivity contribution in [3.63, 3.8) is 0 Å². The van der Waals surface area contributed by atoms with Crippen molar-refractivity contribution in [2.75, 3.05) is 18.4 Å². The Hall–Kier alpha value is -0.890. The van der Waals surface area contributed by atoms with Gasteiger partial charge in [-0.25, -0.2) is 0 Å². The highest BCUT2D eigenvalue weighted by Crippen LogP contribution is 2.37. The molecule has 0 saturated heterocycles. The number of alkyl halides is 3. The maximum Gasteiger partial charge on any atom is 0.445 e. The van der Waals surface area contributed by atoms with Crippen molar-refractivity contribution >= 4 is 16.5 Å². The van der Waals surface area contributed by atoms with E-state index in [-0.39, 0.29) is 10.5 Å². The fraction of sp³-hybridized carbons (Fsp3) is 0.818. The van der Waals surface area contributed by atoms with E-state index in [1.54, 1.807) is 0 Å². The molecule has 4 nitrogen and oxygen atoms in total. The summed E-state index contributed by atoms with van der Waals surface area (Å²) >= 11 is 0.538. The molecule has 1 heterocycles. The van der Waals surface area contributed by atoms with Gasteiger partial charge in [-0.2, -0.15) is 13.2 Å². The van der Waals surface area contributed by atoms with Crippen molar-refractivity contribution < 1.29 is 13.2 Å². The van der Waals surface area contributed by atoms with Gasteiger partial charge < -0.3 is 11.1 Å². The summed E-state index contributed by atoms with van der Waals surface area (Å²) in [6.07, 6.45) is 1.07. The molecule has 2 rings (SSSR count). The number of hydrogen-bond donors (Lipinski definition) is 2. The van der Waals surface area contributed by atoms with Gasteiger partial charge in [0.05, 0.1) is 0 Å². The minimum absolute atomic E-state index is 0.0116. The van der Waals surface area contributed by atoms with Crippen LogP contribution in [0.2, 0.25) is 0 Å². The molecule has 0 aliphatic heterocycles. The molecule has 1 aromatic heterocycles. The monoisotopic (exact) mass is 294 g/mol. The zero-order chi connectivity index (χ0) is 13.9. The first-order valence-electron chi connectivity index (χ1n) is 6.30. The Labute approximate surface area is 113 Å². The second-order valence-corrected chi connectivity index (χ2v) is 6.01. The number of nitrogens with two attached hydrogens (primary N) is 1. The normalized spacial score (nSPS) is 19.4. The van der Waals surface area contributed by atoms with E-state index in [9.17, 15) is 13.2 Å². The number of anilines is 1. The Morgan fingerprint density at radius 2 is 1.89 bits per heavy atom. The van der Waals surface area contributed by atoms with Crippen LogP contribution in [0, 0.1) is 5.41 Å². The maximum atomic E-state index is 12.4. The molecule has 1 aliphatic rings. The fourth-order valence-corrected chi connectivity index (χ4v) is 3.03. The summed E-state index contributed by atoms with van der Waals surface area (Å²) in [6, 6.07) is 0. The number of rotatable bonds is 4. The van der Waals surface area contributed by atoms with Crippen molar-refractivity contribution in [1.82, 2.24) is 10.2 Å². The second kappa shape index (κ2) is 5.62. The van der Waals surface area contributed by atoms with Gasteiger partial charge in [-0.15, -0.1) is 10.2 Å². The summed E-state index contributed by atoms with van der Waals surface area (Å²) in [6.45, 7) is 1.11. The molecule has 0 radical (unpaired) electrons. The Balaban J connectivity index is 1.96. The number of nitrogens with one attached hydrogen (secondary N) is 1. The van der Waals surface area contributed by atoms with Crippen LogP contribution >= 0.6 is 11.3 Å². The minimum Gasteiger partial charge on any atom is -0.359 e. The lowest BCUT2D eigenvalue weighted by atomic mass is 9.74. The van der Waals surface area contributed by atoms with Gasteiger partial charge in [-0.3, -0.25) is 0 Å². The lowest BCUT2D eigenvalue weighted by Gasteiger charge is -2.36. The average molecular weight is 294 g/mol. The molecule has 0 atom stereocenters. The zero-order valence-corrected chi connectivity index (χ0v) is 11.3. The highest BCUT2D eigenvalue weighted by Gasteiger charge is 2.36. The largest absolute Gasteiger partial charge is 0.445 e. The second-order valence-electron chi connectivity index (χ2n) is 5.03. The molecule has 1 saturated carbocycles. The first-order chi connectivity index (χ1) is 8.95. The molecule has 1 fully saturated rings. The maximum absolute atomic E-state index is 12.4. The molecule has 1 aliphatic carbocycles. The van der Waals surface area contributed by atoms with Crippen LogP contribution in [0.4, 0.5) is 18.3 Å². The van der Waals surface area contributed by atoms with Crippen molar-refractivity contribution in [2.24, 2.45) is 11.1 Å². The predicted octanol–water partition coefficient (Wildman–Crippen LogP) is 2.88. The molecule has 0 spiro atoms. The van der Waals surface area contributed by atoms with E-state index in [0.717, 1.165) is 25.7 Å². The van der Waals surface area contributed by atoms with E-state index >= 15 is 0 Å². The summed E-state index contributed by atoms with van der Waals surface area (Å²) in [5.41, 5.74) is 5.81. The van der Waals surface area contributed by atoms with Crippen LogP contribution in [0.15, 0.2) is 0 Å². The highest BCUT2D eigenvalue weighted by molar-refractivity contribution is 7.15. The summed E-state index contributed by atoms with van der Waals surface area (Å²) in [5, 5.41) is 8.94. The third-order valence-corrected chi connectivity index (χ3v) is 4.56. The number of aromatic nitrogens is 2. The summed E-state index contributed by atoms with van der Waals surface area (Å²) < 4.78 is 37.2. The van der Waals surface area contributed by atoms with Gasteiger partial charge in [0.2, 0.25) is 10.1 Å². The van der Waals surface area contributed by atoms with Gasteiger partial charge in [0.25, 0.3) is 0 Å². The van der Waals surface area contributed by atoms with E-state index in [1.165, 1.54) is 6.42 Å². The van der Waals surface area contributed by atoms with E-state index < -0.39 is 11.2 Å². The van der Waals surface area contributed by atoms with E-state index in [4.69, 9.17) is 5.73 Å². The Morgan fingerprint density at radius 1 is 1.21 bits per heavy atom. The topological polar surface area (TPSA) is 63.8 Å². The van der Waals surface area contributed by atoms with Crippen LogP contribution in [0.1, 0.15) is 37.1 Å². The van der Waals surface area contributed by atoms with Gasteiger partial charge in [-0.1, -0.05) is 30.6 Å². The van der Waals surface area contributed by atoms with Crippen molar-refractivity contribution in [2.45, 2.75) is 38.3 Å². The summed E-state index contributed by atoms with van der Waals surface area (Å²) in [4.78, 5) is 0. The van der Waals surface area contributed by atoms with Crippen molar-refractivity contribution in [3.8, 4) is 0 Å². The quantitative estimate of drug-likeness (QED) is 0.896. The molecule has 0 bridgehead atoms. The zero-order valence-electron chi connectivity index (χ0n) is 10.5. The van der Waals surface area contributed by atoms with E-state index in [0.29, 0.717) is 24.4 Å². The summed E-state index contributed by atoms with van der Waals surface area (Å²) in [5.74, 6) is 0. The third-order valence-electron chi connectivity index (χ3n) is 3.63. The average Bonchev–Trinajstić information content (AvgIpc) is 2.86. The van der Waals surface area contributed by atoms with Gasteiger partial charge in [0.1, 0.15) is 0 Å². The van der Waals surface area contributed by atoms with Gasteiger partial charge in [0, 0.05) is 6.54 Å². The Morgan fingerprint density at radius 3 is 2.42 bits per heavy atom. The fourth-order valence-electron chi connectivity index (χ4n) is 2.43. The van der Waals surface area contributed by atoms with Crippen LogP contribution in [0.25, 0.3) is 0 Å². The predicted molar refractivity (Wildman–Crippen MR) is 68.0 cm³/mol. The Bertz CT molecular complexity index is 412. The minimum atomic E-state index is -4.42. The molecular weight excluding hydrogens is 277 g/mol. The van der Waals surface area contributed by atoms with Gasteiger partial charge in [0.15, 0.2) is 0 Å². The van der Waals surface area contributed by atoms with Crippen LogP contribution in [-0.2, 0) is 6.18 Å². The van der Waals surface area contributed by atoms with Crippen molar-refractivity contribution in [1.29, 1.82) is 0 Å². The molecular formula is C11H17F3N4S. The highest BCUT2D eigenvalue weighted by atomic mass is 32.1. The van der Waals surface area contributed by atoms with Crippen molar-refractivity contribution in [3.05, 3.63) is 5.01 Å². The first kappa shape index (κ1) is 14.5. The standard InChI is InChI=1S/C11H17F3N4S/c12-11(13,14)8-17-18-9(19-8)16-7-10(6-15)4-2-1-3-5-10/h1-7,15H2,(H,16,18). The van der Waals surface area contributed by atoms with Gasteiger partial charge >= 0.3 is 6.18 Å².